The summed E-state index contributed by atoms with van der Waals surface area (Å²) in [5.41, 5.74) is 8.09. The van der Waals surface area contributed by atoms with Gasteiger partial charge in [0.25, 0.3) is 5.91 Å². The summed E-state index contributed by atoms with van der Waals surface area (Å²) in [6, 6.07) is 7.48. The van der Waals surface area contributed by atoms with Crippen molar-refractivity contribution in [2.75, 3.05) is 42.3 Å². The summed E-state index contributed by atoms with van der Waals surface area (Å²) in [7, 11) is 3.93. The molecule has 0 radical (unpaired) electrons. The van der Waals surface area contributed by atoms with Crippen molar-refractivity contribution in [1.29, 1.82) is 0 Å². The Morgan fingerprint density at radius 1 is 1.12 bits per heavy atom. The largest absolute Gasteiger partial charge is 0.354 e. The van der Waals surface area contributed by atoms with Gasteiger partial charge in [-0.1, -0.05) is 11.3 Å². The van der Waals surface area contributed by atoms with Crippen molar-refractivity contribution in [3.8, 4) is 10.4 Å². The minimum atomic E-state index is -0.243. The van der Waals surface area contributed by atoms with E-state index < -0.39 is 0 Å². The number of nitrogens with one attached hydrogen (secondary N) is 1. The normalized spacial score (nSPS) is 13.8. The van der Waals surface area contributed by atoms with E-state index in [0.29, 0.717) is 11.4 Å². The number of thiazole rings is 1. The van der Waals surface area contributed by atoms with Crippen molar-refractivity contribution >= 4 is 44.9 Å². The number of nitrogens with two attached hydrogens (primary N) is 1. The molecule has 0 saturated carbocycles. The Balaban J connectivity index is 1.37. The average Bonchev–Trinajstić information content (AvgIpc) is 3.27. The van der Waals surface area contributed by atoms with Crippen LogP contribution in [0.1, 0.15) is 10.4 Å². The van der Waals surface area contributed by atoms with E-state index in [-0.39, 0.29) is 11.9 Å². The van der Waals surface area contributed by atoms with Crippen molar-refractivity contribution in [3.05, 3.63) is 54.6 Å². The molecule has 1 aliphatic rings. The fraction of sp³-hybridized carbons (Fsp3) is 0.227. The Kier molecular flexibility index (Phi) is 5.16. The topological polar surface area (TPSA) is 113 Å². The number of amides is 1. The lowest BCUT2D eigenvalue weighted by Crippen LogP contribution is -2.56. The highest BCUT2D eigenvalue weighted by molar-refractivity contribution is 7.18. The van der Waals surface area contributed by atoms with Gasteiger partial charge in [0.05, 0.1) is 16.6 Å². The zero-order valence-electron chi connectivity index (χ0n) is 17.7. The minimum Gasteiger partial charge on any atom is -0.354 e. The van der Waals surface area contributed by atoms with Gasteiger partial charge in [0.1, 0.15) is 11.6 Å². The fourth-order valence-corrected chi connectivity index (χ4v) is 4.28. The number of rotatable bonds is 5. The maximum atomic E-state index is 12.8. The molecule has 162 valence electrons. The van der Waals surface area contributed by atoms with E-state index in [1.807, 2.05) is 48.4 Å². The van der Waals surface area contributed by atoms with Crippen LogP contribution < -0.4 is 20.9 Å². The Bertz CT molecular complexity index is 1300. The summed E-state index contributed by atoms with van der Waals surface area (Å²) in [5, 5.41) is 4.69. The third-order valence-corrected chi connectivity index (χ3v) is 6.43. The molecule has 0 atom stereocenters. The third-order valence-electron chi connectivity index (χ3n) is 5.21. The van der Waals surface area contributed by atoms with E-state index in [1.165, 1.54) is 0 Å². The predicted octanol–water partition coefficient (Wildman–Crippen LogP) is 2.61. The number of hydrogen-bond donors (Lipinski definition) is 2. The Labute approximate surface area is 189 Å². The number of pyridine rings is 3. The van der Waals surface area contributed by atoms with Gasteiger partial charge in [-0.2, -0.15) is 0 Å². The molecule has 1 aliphatic heterocycles. The number of carbonyl (C=O) groups is 1. The number of carbonyl (C=O) groups excluding carboxylic acids is 1. The second-order valence-electron chi connectivity index (χ2n) is 7.91. The first kappa shape index (κ1) is 20.3. The van der Waals surface area contributed by atoms with E-state index in [9.17, 15) is 4.79 Å². The van der Waals surface area contributed by atoms with Crippen molar-refractivity contribution < 1.29 is 4.79 Å². The van der Waals surface area contributed by atoms with Crippen LogP contribution in [-0.4, -0.2) is 59.1 Å². The highest BCUT2D eigenvalue weighted by atomic mass is 32.1. The van der Waals surface area contributed by atoms with Gasteiger partial charge in [-0.3, -0.25) is 9.78 Å². The molecule has 1 fully saturated rings. The molecule has 0 aliphatic carbocycles. The third kappa shape index (κ3) is 3.97. The molecule has 0 spiro atoms. The van der Waals surface area contributed by atoms with Crippen LogP contribution in [0.25, 0.3) is 21.3 Å². The van der Waals surface area contributed by atoms with E-state index in [0.717, 1.165) is 45.4 Å². The molecular formula is C22H22N8OS. The highest BCUT2D eigenvalue weighted by Crippen LogP contribution is 2.31. The maximum absolute atomic E-state index is 12.8. The summed E-state index contributed by atoms with van der Waals surface area (Å²) in [6.45, 7) is 1.49. The molecule has 32 heavy (non-hydrogen) atoms. The van der Waals surface area contributed by atoms with Crippen molar-refractivity contribution in [2.45, 2.75) is 6.04 Å². The second-order valence-corrected chi connectivity index (χ2v) is 8.92. The number of anilines is 3. The standard InChI is InChI=1S/C22H22N8OS/c1-29(2)22-27-10-18(32-22)15-5-14-6-19(26-9-17(14)25-8-15)28-21(31)13-3-4-24-20(7-13)30-11-16(23)12-30/h3-10,16H,11-12,23H2,1-2H3,(H,26,28,31). The SMILES string of the molecule is CN(C)c1ncc(-c2cnc3cnc(NC(=O)c4ccnc(N5CC(N)C5)c4)cc3c2)s1. The average molecular weight is 447 g/mol. The summed E-state index contributed by atoms with van der Waals surface area (Å²) in [4.78, 5) is 35.5. The number of aromatic nitrogens is 4. The molecule has 3 N–H and O–H groups in total. The highest BCUT2D eigenvalue weighted by Gasteiger charge is 2.24. The Morgan fingerprint density at radius 3 is 2.72 bits per heavy atom. The van der Waals surface area contributed by atoms with Gasteiger partial charge in [0.2, 0.25) is 0 Å². The second kappa shape index (κ2) is 8.13. The molecule has 0 aromatic carbocycles. The van der Waals surface area contributed by atoms with Crippen LogP contribution in [0.15, 0.2) is 49.1 Å². The van der Waals surface area contributed by atoms with Crippen molar-refractivity contribution in [2.24, 2.45) is 5.73 Å². The van der Waals surface area contributed by atoms with Crippen LogP contribution in [0.5, 0.6) is 0 Å². The minimum absolute atomic E-state index is 0.161. The van der Waals surface area contributed by atoms with Gasteiger partial charge in [-0.05, 0) is 24.3 Å². The predicted molar refractivity (Wildman–Crippen MR) is 127 cm³/mol. The molecule has 1 saturated heterocycles. The van der Waals surface area contributed by atoms with Gasteiger partial charge in [0, 0.05) is 68.3 Å². The molecular weight excluding hydrogens is 424 g/mol. The van der Waals surface area contributed by atoms with Crippen molar-refractivity contribution in [1.82, 2.24) is 19.9 Å². The number of hydrogen-bond acceptors (Lipinski definition) is 9. The van der Waals surface area contributed by atoms with Crippen LogP contribution >= 0.6 is 11.3 Å². The molecule has 4 aromatic heterocycles. The van der Waals surface area contributed by atoms with E-state index in [4.69, 9.17) is 5.73 Å². The van der Waals surface area contributed by atoms with Crippen molar-refractivity contribution in [3.63, 3.8) is 0 Å². The monoisotopic (exact) mass is 446 g/mol. The van der Waals surface area contributed by atoms with Gasteiger partial charge < -0.3 is 20.9 Å². The first-order valence-corrected chi connectivity index (χ1v) is 11.0. The van der Waals surface area contributed by atoms with Gasteiger partial charge in [-0.15, -0.1) is 0 Å². The lowest BCUT2D eigenvalue weighted by Gasteiger charge is -2.37. The lowest BCUT2D eigenvalue weighted by molar-refractivity contribution is 0.102. The number of nitrogens with zero attached hydrogens (tertiary/aromatic N) is 6. The van der Waals surface area contributed by atoms with Gasteiger partial charge >= 0.3 is 0 Å². The van der Waals surface area contributed by atoms with Crippen LogP contribution in [0.2, 0.25) is 0 Å². The molecule has 5 heterocycles. The quantitative estimate of drug-likeness (QED) is 0.481. The molecule has 4 aromatic rings. The molecule has 5 rings (SSSR count). The summed E-state index contributed by atoms with van der Waals surface area (Å²) in [5.74, 6) is 0.970. The number of fused-ring (bicyclic) bond motifs is 1. The Morgan fingerprint density at radius 2 is 1.97 bits per heavy atom. The van der Waals surface area contributed by atoms with Gasteiger partial charge in [0.15, 0.2) is 5.13 Å². The molecule has 0 unspecified atom stereocenters. The maximum Gasteiger partial charge on any atom is 0.257 e. The van der Waals surface area contributed by atoms with E-state index in [1.54, 1.807) is 35.9 Å². The summed E-state index contributed by atoms with van der Waals surface area (Å²) in [6.07, 6.45) is 6.95. The lowest BCUT2D eigenvalue weighted by atomic mass is 10.1. The summed E-state index contributed by atoms with van der Waals surface area (Å²) >= 11 is 1.60. The smallest absolute Gasteiger partial charge is 0.257 e. The molecule has 1 amide bonds. The van der Waals surface area contributed by atoms with E-state index >= 15 is 0 Å². The van der Waals surface area contributed by atoms with E-state index in [2.05, 4.69) is 25.3 Å². The zero-order valence-corrected chi connectivity index (χ0v) is 18.5. The zero-order chi connectivity index (χ0) is 22.2. The molecule has 10 heteroatoms. The van der Waals surface area contributed by atoms with Crippen LogP contribution in [0.4, 0.5) is 16.8 Å². The van der Waals surface area contributed by atoms with Crippen LogP contribution in [-0.2, 0) is 0 Å². The molecule has 9 nitrogen and oxygen atoms in total. The first-order valence-electron chi connectivity index (χ1n) is 10.1. The van der Waals surface area contributed by atoms with Crippen LogP contribution in [0.3, 0.4) is 0 Å². The van der Waals surface area contributed by atoms with Crippen LogP contribution in [0, 0.1) is 0 Å². The summed E-state index contributed by atoms with van der Waals surface area (Å²) < 4.78 is 0. The Hall–Kier alpha value is -3.63. The first-order chi connectivity index (χ1) is 15.5. The fourth-order valence-electron chi connectivity index (χ4n) is 3.46. The van der Waals surface area contributed by atoms with Gasteiger partial charge in [-0.25, -0.2) is 15.0 Å². The molecule has 0 bridgehead atoms.